The van der Waals surface area contributed by atoms with Crippen LogP contribution in [0.1, 0.15) is 5.56 Å². The van der Waals surface area contributed by atoms with Crippen LogP contribution in [0.2, 0.25) is 5.15 Å². The van der Waals surface area contributed by atoms with Crippen LogP contribution < -0.4 is 9.47 Å². The van der Waals surface area contributed by atoms with Crippen LogP contribution in [-0.2, 0) is 16.1 Å². The van der Waals surface area contributed by atoms with Crippen molar-refractivity contribution in [1.82, 2.24) is 4.98 Å². The molecule has 2 rings (SSSR count). The summed E-state index contributed by atoms with van der Waals surface area (Å²) in [5.41, 5.74) is 0.761. The number of carbonyl (C=O) groups is 1. The number of nitrogens with zero attached hydrogens (tertiary/aromatic N) is 1. The van der Waals surface area contributed by atoms with Crippen LogP contribution in [-0.4, -0.2) is 24.7 Å². The summed E-state index contributed by atoms with van der Waals surface area (Å²) < 4.78 is 15.4. The zero-order chi connectivity index (χ0) is 15.1. The van der Waals surface area contributed by atoms with E-state index in [1.807, 2.05) is 0 Å². The zero-order valence-electron chi connectivity index (χ0n) is 11.4. The van der Waals surface area contributed by atoms with Gasteiger partial charge in [0.15, 0.2) is 6.61 Å². The van der Waals surface area contributed by atoms with E-state index in [9.17, 15) is 4.79 Å². The first-order valence-corrected chi connectivity index (χ1v) is 6.58. The van der Waals surface area contributed by atoms with Crippen LogP contribution in [0.4, 0.5) is 0 Å². The van der Waals surface area contributed by atoms with E-state index in [0.717, 1.165) is 11.3 Å². The molecule has 0 radical (unpaired) electrons. The Hall–Kier alpha value is -2.27. The van der Waals surface area contributed by atoms with Gasteiger partial charge in [-0.2, -0.15) is 0 Å². The Morgan fingerprint density at radius 3 is 2.48 bits per heavy atom. The number of pyridine rings is 1. The molecule has 0 bridgehead atoms. The van der Waals surface area contributed by atoms with Crippen LogP contribution >= 0.6 is 11.6 Å². The number of methoxy groups -OCH3 is 1. The lowest BCUT2D eigenvalue weighted by atomic mass is 10.3. The molecular formula is C15H14ClNO4. The highest BCUT2D eigenvalue weighted by atomic mass is 35.5. The normalized spacial score (nSPS) is 10.0. The van der Waals surface area contributed by atoms with Crippen molar-refractivity contribution in [2.75, 3.05) is 13.7 Å². The molecule has 0 amide bonds. The Morgan fingerprint density at radius 1 is 1.14 bits per heavy atom. The third-order valence-electron chi connectivity index (χ3n) is 2.60. The van der Waals surface area contributed by atoms with E-state index >= 15 is 0 Å². The molecule has 0 N–H and O–H groups in total. The first-order chi connectivity index (χ1) is 10.2. The SMILES string of the molecule is COc1ccc(OCC(=O)OCc2ccc(Cl)nc2)cc1. The highest BCUT2D eigenvalue weighted by Gasteiger charge is 2.05. The van der Waals surface area contributed by atoms with Crippen molar-refractivity contribution in [2.24, 2.45) is 0 Å². The fraction of sp³-hybridized carbons (Fsp3) is 0.200. The molecule has 0 aliphatic heterocycles. The Bertz CT molecular complexity index is 584. The van der Waals surface area contributed by atoms with E-state index in [4.69, 9.17) is 25.8 Å². The van der Waals surface area contributed by atoms with E-state index in [0.29, 0.717) is 10.9 Å². The van der Waals surface area contributed by atoms with E-state index in [1.54, 1.807) is 49.7 Å². The molecule has 0 saturated heterocycles. The van der Waals surface area contributed by atoms with Crippen molar-refractivity contribution in [3.8, 4) is 11.5 Å². The average Bonchev–Trinajstić information content (AvgIpc) is 2.53. The second kappa shape index (κ2) is 7.50. The lowest BCUT2D eigenvalue weighted by Crippen LogP contribution is -2.14. The van der Waals surface area contributed by atoms with Crippen molar-refractivity contribution in [1.29, 1.82) is 0 Å². The topological polar surface area (TPSA) is 57.7 Å². The van der Waals surface area contributed by atoms with Crippen molar-refractivity contribution < 1.29 is 19.0 Å². The highest BCUT2D eigenvalue weighted by Crippen LogP contribution is 2.16. The second-order valence-corrected chi connectivity index (χ2v) is 4.50. The molecule has 21 heavy (non-hydrogen) atoms. The first-order valence-electron chi connectivity index (χ1n) is 6.20. The van der Waals surface area contributed by atoms with E-state index in [1.165, 1.54) is 0 Å². The van der Waals surface area contributed by atoms with Gasteiger partial charge in [0.2, 0.25) is 0 Å². The zero-order valence-corrected chi connectivity index (χ0v) is 12.2. The minimum atomic E-state index is -0.458. The van der Waals surface area contributed by atoms with E-state index < -0.39 is 5.97 Å². The summed E-state index contributed by atoms with van der Waals surface area (Å²) in [4.78, 5) is 15.5. The largest absolute Gasteiger partial charge is 0.497 e. The monoisotopic (exact) mass is 307 g/mol. The van der Waals surface area contributed by atoms with Crippen LogP contribution in [0.25, 0.3) is 0 Å². The van der Waals surface area contributed by atoms with Gasteiger partial charge >= 0.3 is 5.97 Å². The van der Waals surface area contributed by atoms with Crippen molar-refractivity contribution in [2.45, 2.75) is 6.61 Å². The number of hydrogen-bond donors (Lipinski definition) is 0. The lowest BCUT2D eigenvalue weighted by molar-refractivity contribution is -0.147. The average molecular weight is 308 g/mol. The Morgan fingerprint density at radius 2 is 1.86 bits per heavy atom. The second-order valence-electron chi connectivity index (χ2n) is 4.11. The predicted molar refractivity (Wildman–Crippen MR) is 77.5 cm³/mol. The molecule has 0 fully saturated rings. The third kappa shape index (κ3) is 4.96. The molecule has 0 saturated carbocycles. The molecule has 6 heteroatoms. The van der Waals surface area contributed by atoms with E-state index in [-0.39, 0.29) is 13.2 Å². The molecule has 1 heterocycles. The molecule has 5 nitrogen and oxygen atoms in total. The Labute approximate surface area is 127 Å². The number of benzene rings is 1. The summed E-state index contributed by atoms with van der Waals surface area (Å²) in [6.45, 7) is -0.0255. The standard InChI is InChI=1S/C15H14ClNO4/c1-19-12-3-5-13(6-4-12)20-10-15(18)21-9-11-2-7-14(16)17-8-11/h2-8H,9-10H2,1H3. The molecule has 0 atom stereocenters. The third-order valence-corrected chi connectivity index (χ3v) is 2.83. The summed E-state index contributed by atoms with van der Waals surface area (Å²) in [5.74, 6) is 0.835. The van der Waals surface area contributed by atoms with Crippen molar-refractivity contribution in [3.63, 3.8) is 0 Å². The Balaban J connectivity index is 1.75. The Kier molecular flexibility index (Phi) is 5.40. The van der Waals surface area contributed by atoms with Gasteiger partial charge in [0.1, 0.15) is 23.3 Å². The maximum atomic E-state index is 11.6. The van der Waals surface area contributed by atoms with Gasteiger partial charge in [-0.05, 0) is 30.3 Å². The molecule has 1 aromatic heterocycles. The highest BCUT2D eigenvalue weighted by molar-refractivity contribution is 6.29. The number of halogens is 1. The number of hydrogen-bond acceptors (Lipinski definition) is 5. The smallest absolute Gasteiger partial charge is 0.344 e. The van der Waals surface area contributed by atoms with Gasteiger partial charge in [-0.1, -0.05) is 17.7 Å². The van der Waals surface area contributed by atoms with Crippen LogP contribution in [0, 0.1) is 0 Å². The number of aromatic nitrogens is 1. The van der Waals surface area contributed by atoms with Crippen LogP contribution in [0.5, 0.6) is 11.5 Å². The molecule has 0 spiro atoms. The first kappa shape index (κ1) is 15.1. The van der Waals surface area contributed by atoms with Gasteiger partial charge in [0.05, 0.1) is 7.11 Å². The molecule has 0 aliphatic carbocycles. The summed E-state index contributed by atoms with van der Waals surface area (Å²) in [7, 11) is 1.58. The van der Waals surface area contributed by atoms with Crippen LogP contribution in [0.15, 0.2) is 42.6 Å². The van der Waals surface area contributed by atoms with Gasteiger partial charge in [0.25, 0.3) is 0 Å². The maximum absolute atomic E-state index is 11.6. The fourth-order valence-corrected chi connectivity index (χ4v) is 1.62. The minimum absolute atomic E-state index is 0.134. The molecular weight excluding hydrogens is 294 g/mol. The van der Waals surface area contributed by atoms with E-state index in [2.05, 4.69) is 4.98 Å². The lowest BCUT2D eigenvalue weighted by Gasteiger charge is -2.07. The quantitative estimate of drug-likeness (QED) is 0.606. The van der Waals surface area contributed by atoms with Gasteiger partial charge in [-0.15, -0.1) is 0 Å². The number of ether oxygens (including phenoxy) is 3. The maximum Gasteiger partial charge on any atom is 0.344 e. The predicted octanol–water partition coefficient (Wildman–Crippen LogP) is 2.87. The van der Waals surface area contributed by atoms with Gasteiger partial charge in [0, 0.05) is 11.8 Å². The molecule has 1 aromatic carbocycles. The molecule has 2 aromatic rings. The van der Waals surface area contributed by atoms with Crippen molar-refractivity contribution >= 4 is 17.6 Å². The number of rotatable bonds is 6. The fourth-order valence-electron chi connectivity index (χ4n) is 1.51. The minimum Gasteiger partial charge on any atom is -0.497 e. The molecule has 0 aliphatic rings. The van der Waals surface area contributed by atoms with Crippen molar-refractivity contribution in [3.05, 3.63) is 53.3 Å². The van der Waals surface area contributed by atoms with Gasteiger partial charge in [-0.25, -0.2) is 9.78 Å². The van der Waals surface area contributed by atoms with Gasteiger partial charge in [-0.3, -0.25) is 0 Å². The number of carbonyl (C=O) groups excluding carboxylic acids is 1. The summed E-state index contributed by atoms with van der Waals surface area (Å²) >= 11 is 5.67. The molecule has 110 valence electrons. The molecule has 0 unspecified atom stereocenters. The van der Waals surface area contributed by atoms with Gasteiger partial charge < -0.3 is 14.2 Å². The summed E-state index contributed by atoms with van der Waals surface area (Å²) in [6, 6.07) is 10.3. The summed E-state index contributed by atoms with van der Waals surface area (Å²) in [5, 5.41) is 0.396. The summed E-state index contributed by atoms with van der Waals surface area (Å²) in [6.07, 6.45) is 1.56. The number of esters is 1. The van der Waals surface area contributed by atoms with Crippen LogP contribution in [0.3, 0.4) is 0 Å².